The van der Waals surface area contributed by atoms with Gasteiger partial charge in [-0.25, -0.2) is 0 Å². The predicted octanol–water partition coefficient (Wildman–Crippen LogP) is 2.91. The summed E-state index contributed by atoms with van der Waals surface area (Å²) in [5.41, 5.74) is 9.16. The number of aryl methyl sites for hydroxylation is 2. The zero-order valence-electron chi connectivity index (χ0n) is 10.4. The Labute approximate surface area is 107 Å². The van der Waals surface area contributed by atoms with Crippen molar-refractivity contribution in [2.45, 2.75) is 32.7 Å². The molecule has 0 bridgehead atoms. The van der Waals surface area contributed by atoms with Crippen LogP contribution in [0.4, 0.5) is 0 Å². The molecular formula is C13H18ClNO2. The second-order valence-electron chi connectivity index (χ2n) is 4.18. The number of esters is 1. The molecule has 0 aromatic heterocycles. The van der Waals surface area contributed by atoms with Gasteiger partial charge in [-0.1, -0.05) is 17.7 Å². The molecule has 2 N–H and O–H groups in total. The van der Waals surface area contributed by atoms with Gasteiger partial charge < -0.3 is 10.5 Å². The number of halogens is 1. The zero-order chi connectivity index (χ0) is 13.0. The number of hydrogen-bond donors (Lipinski definition) is 1. The van der Waals surface area contributed by atoms with Gasteiger partial charge in [-0.15, -0.1) is 0 Å². The summed E-state index contributed by atoms with van der Waals surface area (Å²) in [4.78, 5) is 11.1. The Bertz CT molecular complexity index is 418. The van der Waals surface area contributed by atoms with Crippen LogP contribution < -0.4 is 5.73 Å². The molecule has 1 aromatic carbocycles. The Morgan fingerprint density at radius 3 is 2.65 bits per heavy atom. The van der Waals surface area contributed by atoms with E-state index in [1.54, 1.807) is 0 Å². The van der Waals surface area contributed by atoms with E-state index in [0.717, 1.165) is 21.7 Å². The Morgan fingerprint density at radius 2 is 2.06 bits per heavy atom. The molecule has 0 saturated heterocycles. The molecule has 1 rings (SSSR count). The lowest BCUT2D eigenvalue weighted by Crippen LogP contribution is -2.14. The Kier molecular flexibility index (Phi) is 4.97. The second kappa shape index (κ2) is 6.03. The lowest BCUT2D eigenvalue weighted by molar-refractivity contribution is -0.140. The van der Waals surface area contributed by atoms with E-state index in [1.807, 2.05) is 26.0 Å². The molecule has 3 nitrogen and oxygen atoms in total. The molecule has 17 heavy (non-hydrogen) atoms. The normalized spacial score (nSPS) is 12.3. The van der Waals surface area contributed by atoms with Crippen LogP contribution >= 0.6 is 11.6 Å². The minimum atomic E-state index is -0.233. The van der Waals surface area contributed by atoms with Gasteiger partial charge in [-0.3, -0.25) is 4.79 Å². The lowest BCUT2D eigenvalue weighted by Gasteiger charge is -2.15. The highest BCUT2D eigenvalue weighted by Crippen LogP contribution is 2.26. The third-order valence-electron chi connectivity index (χ3n) is 2.83. The van der Waals surface area contributed by atoms with E-state index in [2.05, 4.69) is 4.74 Å². The number of nitrogens with two attached hydrogens (primary N) is 1. The largest absolute Gasteiger partial charge is 0.469 e. The van der Waals surface area contributed by atoms with Crippen molar-refractivity contribution in [1.82, 2.24) is 0 Å². The van der Waals surface area contributed by atoms with Crippen molar-refractivity contribution < 1.29 is 9.53 Å². The third-order valence-corrected chi connectivity index (χ3v) is 3.24. The number of benzene rings is 1. The van der Waals surface area contributed by atoms with Gasteiger partial charge in [0.1, 0.15) is 0 Å². The van der Waals surface area contributed by atoms with Crippen molar-refractivity contribution in [3.63, 3.8) is 0 Å². The molecule has 0 fully saturated rings. The third kappa shape index (κ3) is 3.72. The monoisotopic (exact) mass is 255 g/mol. The average Bonchev–Trinajstić information content (AvgIpc) is 2.30. The highest BCUT2D eigenvalue weighted by atomic mass is 35.5. The first-order chi connectivity index (χ1) is 7.95. The fraction of sp³-hybridized carbons (Fsp3) is 0.462. The first kappa shape index (κ1) is 14.0. The Balaban J connectivity index is 2.78. The molecule has 0 radical (unpaired) electrons. The van der Waals surface area contributed by atoms with E-state index in [0.29, 0.717) is 12.8 Å². The SMILES string of the molecule is COC(=O)CCC(N)c1cc(C)c(Cl)cc1C. The van der Waals surface area contributed by atoms with Crippen LogP contribution in [-0.2, 0) is 9.53 Å². The Hall–Kier alpha value is -1.06. The van der Waals surface area contributed by atoms with Crippen molar-refractivity contribution >= 4 is 17.6 Å². The van der Waals surface area contributed by atoms with Gasteiger partial charge in [0.25, 0.3) is 0 Å². The van der Waals surface area contributed by atoms with E-state index in [4.69, 9.17) is 17.3 Å². The van der Waals surface area contributed by atoms with Crippen LogP contribution in [0.2, 0.25) is 5.02 Å². The molecular weight excluding hydrogens is 238 g/mol. The summed E-state index contributed by atoms with van der Waals surface area (Å²) in [7, 11) is 1.38. The molecule has 0 heterocycles. The topological polar surface area (TPSA) is 52.3 Å². The standard InChI is InChI=1S/C13H18ClNO2/c1-8-7-11(14)9(2)6-10(8)12(15)4-5-13(16)17-3/h6-7,12H,4-5,15H2,1-3H3. The van der Waals surface area contributed by atoms with Gasteiger partial charge in [0.15, 0.2) is 0 Å². The fourth-order valence-electron chi connectivity index (χ4n) is 1.73. The minimum Gasteiger partial charge on any atom is -0.469 e. The van der Waals surface area contributed by atoms with E-state index in [1.165, 1.54) is 7.11 Å². The van der Waals surface area contributed by atoms with Crippen molar-refractivity contribution in [2.75, 3.05) is 7.11 Å². The van der Waals surface area contributed by atoms with Crippen LogP contribution in [0.5, 0.6) is 0 Å². The van der Waals surface area contributed by atoms with E-state index < -0.39 is 0 Å². The lowest BCUT2D eigenvalue weighted by atomic mass is 9.96. The van der Waals surface area contributed by atoms with Crippen molar-refractivity contribution in [3.8, 4) is 0 Å². The van der Waals surface area contributed by atoms with Gasteiger partial charge >= 0.3 is 5.97 Å². The minimum absolute atomic E-state index is 0.162. The van der Waals surface area contributed by atoms with E-state index >= 15 is 0 Å². The molecule has 0 aliphatic heterocycles. The summed E-state index contributed by atoms with van der Waals surface area (Å²) in [5.74, 6) is -0.233. The van der Waals surface area contributed by atoms with Crippen LogP contribution in [0.25, 0.3) is 0 Å². The smallest absolute Gasteiger partial charge is 0.305 e. The maximum Gasteiger partial charge on any atom is 0.305 e. The zero-order valence-corrected chi connectivity index (χ0v) is 11.2. The first-order valence-electron chi connectivity index (χ1n) is 5.54. The average molecular weight is 256 g/mol. The van der Waals surface area contributed by atoms with Crippen LogP contribution in [0.1, 0.15) is 35.6 Å². The molecule has 94 valence electrons. The number of ether oxygens (including phenoxy) is 1. The van der Waals surface area contributed by atoms with Crippen molar-refractivity contribution in [2.24, 2.45) is 5.73 Å². The number of hydrogen-bond acceptors (Lipinski definition) is 3. The highest BCUT2D eigenvalue weighted by molar-refractivity contribution is 6.31. The maximum atomic E-state index is 11.1. The number of carbonyl (C=O) groups is 1. The van der Waals surface area contributed by atoms with Gasteiger partial charge in [-0.2, -0.15) is 0 Å². The molecule has 1 aromatic rings. The molecule has 1 atom stereocenters. The predicted molar refractivity (Wildman–Crippen MR) is 69.1 cm³/mol. The van der Waals surface area contributed by atoms with E-state index in [-0.39, 0.29) is 12.0 Å². The molecule has 0 aliphatic rings. The van der Waals surface area contributed by atoms with Gasteiger partial charge in [-0.05, 0) is 43.0 Å². The summed E-state index contributed by atoms with van der Waals surface area (Å²) in [6.45, 7) is 3.91. The molecule has 1 unspecified atom stereocenters. The summed E-state index contributed by atoms with van der Waals surface area (Å²) in [6.07, 6.45) is 0.910. The summed E-state index contributed by atoms with van der Waals surface area (Å²) in [5, 5.41) is 0.742. The number of rotatable bonds is 4. The quantitative estimate of drug-likeness (QED) is 0.842. The van der Waals surface area contributed by atoms with E-state index in [9.17, 15) is 4.79 Å². The van der Waals surface area contributed by atoms with Gasteiger partial charge in [0, 0.05) is 17.5 Å². The Morgan fingerprint density at radius 1 is 1.41 bits per heavy atom. The maximum absolute atomic E-state index is 11.1. The second-order valence-corrected chi connectivity index (χ2v) is 4.59. The molecule has 4 heteroatoms. The highest BCUT2D eigenvalue weighted by Gasteiger charge is 2.13. The molecule has 0 amide bonds. The van der Waals surface area contributed by atoms with Crippen molar-refractivity contribution in [1.29, 1.82) is 0 Å². The van der Waals surface area contributed by atoms with Crippen LogP contribution in [0, 0.1) is 13.8 Å². The molecule has 0 spiro atoms. The molecule has 0 saturated carbocycles. The summed E-state index contributed by atoms with van der Waals surface area (Å²) in [6, 6.07) is 3.73. The number of carbonyl (C=O) groups excluding carboxylic acids is 1. The van der Waals surface area contributed by atoms with Crippen LogP contribution in [0.3, 0.4) is 0 Å². The van der Waals surface area contributed by atoms with Gasteiger partial charge in [0.2, 0.25) is 0 Å². The number of methoxy groups -OCH3 is 1. The first-order valence-corrected chi connectivity index (χ1v) is 5.92. The fourth-order valence-corrected chi connectivity index (χ4v) is 1.95. The summed E-state index contributed by atoms with van der Waals surface area (Å²) < 4.78 is 4.59. The summed E-state index contributed by atoms with van der Waals surface area (Å²) >= 11 is 6.03. The molecule has 0 aliphatic carbocycles. The van der Waals surface area contributed by atoms with Crippen LogP contribution in [0.15, 0.2) is 12.1 Å². The van der Waals surface area contributed by atoms with Gasteiger partial charge in [0.05, 0.1) is 7.11 Å². The van der Waals surface area contributed by atoms with Crippen LogP contribution in [-0.4, -0.2) is 13.1 Å². The van der Waals surface area contributed by atoms with Crippen molar-refractivity contribution in [3.05, 3.63) is 33.8 Å².